The Labute approximate surface area is 213 Å². The number of nitrogens with zero attached hydrogens (tertiary/aromatic N) is 1. The number of carbonyl (C=O) groups is 1. The van der Waals surface area contributed by atoms with E-state index in [0.29, 0.717) is 19.7 Å². The Morgan fingerprint density at radius 3 is 2.72 bits per heavy atom. The Morgan fingerprint density at radius 2 is 1.97 bits per heavy atom. The van der Waals surface area contributed by atoms with Crippen LogP contribution < -0.4 is 15.8 Å². The maximum atomic E-state index is 11.9. The van der Waals surface area contributed by atoms with Crippen molar-refractivity contribution in [1.29, 1.82) is 0 Å². The SMILES string of the molecule is CCOC.NC1=CC=C(C2C3=C(CCN2C=O)c2cc(OCc4ccccc4)ccc2NC3)C=CC1. The molecule has 0 spiro atoms. The van der Waals surface area contributed by atoms with Crippen molar-refractivity contribution in [3.63, 3.8) is 0 Å². The van der Waals surface area contributed by atoms with Crippen molar-refractivity contribution in [2.45, 2.75) is 32.4 Å². The van der Waals surface area contributed by atoms with Gasteiger partial charge in [0.2, 0.25) is 6.41 Å². The summed E-state index contributed by atoms with van der Waals surface area (Å²) in [6, 6.07) is 16.3. The van der Waals surface area contributed by atoms with E-state index in [9.17, 15) is 4.79 Å². The fraction of sp³-hybridized carbons (Fsp3) is 0.300. The quantitative estimate of drug-likeness (QED) is 0.560. The van der Waals surface area contributed by atoms with Crippen LogP contribution in [0.1, 0.15) is 30.9 Å². The van der Waals surface area contributed by atoms with E-state index in [1.165, 1.54) is 16.7 Å². The van der Waals surface area contributed by atoms with Crippen LogP contribution in [0.15, 0.2) is 89.7 Å². The summed E-state index contributed by atoms with van der Waals surface area (Å²) in [7, 11) is 1.68. The number of fused-ring (bicyclic) bond motifs is 2. The van der Waals surface area contributed by atoms with Gasteiger partial charge in [0.15, 0.2) is 0 Å². The van der Waals surface area contributed by atoms with Gasteiger partial charge in [-0.15, -0.1) is 0 Å². The minimum atomic E-state index is -0.0933. The molecule has 0 saturated carbocycles. The molecule has 6 nitrogen and oxygen atoms in total. The molecule has 2 aliphatic heterocycles. The standard InChI is InChI=1S/C27H27N3O2.C3H8O/c28-21-8-4-7-20(9-10-21)27-25-16-29-26-12-11-22(32-17-19-5-2-1-3-6-19)15-24(26)23(25)13-14-30(27)18-31;1-3-4-2/h1-7,9-12,15,18,27,29H,8,13-14,16-17,28H2;3H2,1-2H3. The largest absolute Gasteiger partial charge is 0.489 e. The van der Waals surface area contributed by atoms with Crippen molar-refractivity contribution in [2.75, 3.05) is 32.1 Å². The van der Waals surface area contributed by atoms with Gasteiger partial charge < -0.3 is 25.4 Å². The van der Waals surface area contributed by atoms with E-state index in [4.69, 9.17) is 10.5 Å². The second-order valence-corrected chi connectivity index (χ2v) is 8.93. The molecular weight excluding hydrogens is 450 g/mol. The number of amides is 1. The number of carbonyl (C=O) groups excluding carboxylic acids is 1. The van der Waals surface area contributed by atoms with Crippen molar-refractivity contribution in [3.8, 4) is 5.75 Å². The highest BCUT2D eigenvalue weighted by Crippen LogP contribution is 2.41. The average Bonchev–Trinajstić information content (AvgIpc) is 3.15. The smallest absolute Gasteiger partial charge is 0.210 e. The van der Waals surface area contributed by atoms with Crippen molar-refractivity contribution >= 4 is 17.7 Å². The predicted molar refractivity (Wildman–Crippen MR) is 145 cm³/mol. The number of hydrogen-bond acceptors (Lipinski definition) is 5. The average molecular weight is 486 g/mol. The molecular formula is C30H35N3O3. The highest BCUT2D eigenvalue weighted by Gasteiger charge is 2.34. The molecule has 1 atom stereocenters. The molecule has 2 heterocycles. The number of rotatable bonds is 6. The third kappa shape index (κ3) is 5.89. The maximum absolute atomic E-state index is 11.9. The van der Waals surface area contributed by atoms with Crippen LogP contribution in [0.25, 0.3) is 5.57 Å². The topological polar surface area (TPSA) is 76.8 Å². The summed E-state index contributed by atoms with van der Waals surface area (Å²) >= 11 is 0. The minimum absolute atomic E-state index is 0.0933. The summed E-state index contributed by atoms with van der Waals surface area (Å²) < 4.78 is 10.6. The van der Waals surface area contributed by atoms with E-state index in [1.54, 1.807) is 7.11 Å². The summed E-state index contributed by atoms with van der Waals surface area (Å²) in [5, 5.41) is 3.55. The van der Waals surface area contributed by atoms with E-state index in [2.05, 4.69) is 46.5 Å². The zero-order chi connectivity index (χ0) is 25.3. The van der Waals surface area contributed by atoms with Crippen LogP contribution in [0.4, 0.5) is 5.69 Å². The van der Waals surface area contributed by atoms with Crippen LogP contribution in [-0.4, -0.2) is 44.2 Å². The van der Waals surface area contributed by atoms with Gasteiger partial charge in [-0.2, -0.15) is 0 Å². The van der Waals surface area contributed by atoms with E-state index < -0.39 is 0 Å². The number of anilines is 1. The molecule has 0 bridgehead atoms. The van der Waals surface area contributed by atoms with Gasteiger partial charge >= 0.3 is 0 Å². The number of allylic oxidation sites excluding steroid dienone is 3. The predicted octanol–water partition coefficient (Wildman–Crippen LogP) is 5.06. The maximum Gasteiger partial charge on any atom is 0.210 e. The lowest BCUT2D eigenvalue weighted by Gasteiger charge is -2.40. The summed E-state index contributed by atoms with van der Waals surface area (Å²) in [6.07, 6.45) is 10.7. The first kappa shape index (κ1) is 25.3. The molecule has 0 aromatic heterocycles. The molecule has 0 fully saturated rings. The lowest BCUT2D eigenvalue weighted by molar-refractivity contribution is -0.119. The van der Waals surface area contributed by atoms with E-state index in [0.717, 1.165) is 54.1 Å². The van der Waals surface area contributed by atoms with Crippen molar-refractivity contribution in [3.05, 3.63) is 101 Å². The van der Waals surface area contributed by atoms with Gasteiger partial charge in [0.1, 0.15) is 12.4 Å². The first-order valence-corrected chi connectivity index (χ1v) is 12.4. The molecule has 0 saturated heterocycles. The Morgan fingerprint density at radius 1 is 1.17 bits per heavy atom. The van der Waals surface area contributed by atoms with Gasteiger partial charge in [-0.3, -0.25) is 4.79 Å². The number of nitrogens with two attached hydrogens (primary N) is 1. The molecule has 188 valence electrons. The van der Waals surface area contributed by atoms with Crippen molar-refractivity contribution < 1.29 is 14.3 Å². The summed E-state index contributed by atoms with van der Waals surface area (Å²) in [4.78, 5) is 13.8. The van der Waals surface area contributed by atoms with Crippen molar-refractivity contribution in [1.82, 2.24) is 4.90 Å². The normalized spacial score (nSPS) is 18.4. The van der Waals surface area contributed by atoms with Gasteiger partial charge in [-0.05, 0) is 59.9 Å². The highest BCUT2D eigenvalue weighted by molar-refractivity contribution is 5.85. The zero-order valence-corrected chi connectivity index (χ0v) is 21.1. The van der Waals surface area contributed by atoms with Crippen molar-refractivity contribution in [2.24, 2.45) is 5.73 Å². The number of hydrogen-bond donors (Lipinski definition) is 2. The van der Waals surface area contributed by atoms with E-state index in [1.807, 2.05) is 48.2 Å². The molecule has 2 aromatic carbocycles. The fourth-order valence-corrected chi connectivity index (χ4v) is 4.70. The van der Waals surface area contributed by atoms with Crippen LogP contribution in [-0.2, 0) is 16.1 Å². The van der Waals surface area contributed by atoms with E-state index in [-0.39, 0.29) is 6.04 Å². The Balaban J connectivity index is 0.000000709. The van der Waals surface area contributed by atoms with Gasteiger partial charge in [0.05, 0.1) is 6.04 Å². The van der Waals surface area contributed by atoms with Crippen LogP contribution in [0, 0.1) is 0 Å². The molecule has 1 amide bonds. The molecule has 2 aromatic rings. The number of methoxy groups -OCH3 is 1. The lowest BCUT2D eigenvalue weighted by Crippen LogP contribution is -2.44. The second-order valence-electron chi connectivity index (χ2n) is 8.93. The lowest BCUT2D eigenvalue weighted by atomic mass is 9.82. The van der Waals surface area contributed by atoms with Gasteiger partial charge in [-0.25, -0.2) is 0 Å². The van der Waals surface area contributed by atoms with E-state index >= 15 is 0 Å². The van der Waals surface area contributed by atoms with Crippen LogP contribution in [0.2, 0.25) is 0 Å². The fourth-order valence-electron chi connectivity index (χ4n) is 4.70. The number of ether oxygens (including phenoxy) is 2. The minimum Gasteiger partial charge on any atom is -0.489 e. The molecule has 1 unspecified atom stereocenters. The summed E-state index contributed by atoms with van der Waals surface area (Å²) in [5.74, 6) is 0.849. The number of benzene rings is 2. The van der Waals surface area contributed by atoms with Crippen LogP contribution in [0.5, 0.6) is 5.75 Å². The Kier molecular flexibility index (Phi) is 8.63. The van der Waals surface area contributed by atoms with Gasteiger partial charge in [0, 0.05) is 50.2 Å². The first-order valence-electron chi connectivity index (χ1n) is 12.4. The van der Waals surface area contributed by atoms with Gasteiger partial charge in [0.25, 0.3) is 0 Å². The molecule has 1 aliphatic carbocycles. The molecule has 3 aliphatic rings. The first-order chi connectivity index (χ1) is 17.6. The highest BCUT2D eigenvalue weighted by atomic mass is 16.5. The Bertz CT molecular complexity index is 1180. The second kappa shape index (κ2) is 12.3. The molecule has 5 rings (SSSR count). The third-order valence-electron chi connectivity index (χ3n) is 6.60. The molecule has 6 heteroatoms. The molecule has 36 heavy (non-hydrogen) atoms. The summed E-state index contributed by atoms with van der Waals surface area (Å²) in [6.45, 7) is 4.71. The third-order valence-corrected chi connectivity index (χ3v) is 6.60. The molecule has 3 N–H and O–H groups in total. The van der Waals surface area contributed by atoms with Crippen LogP contribution in [0.3, 0.4) is 0 Å². The number of nitrogens with one attached hydrogen (secondary N) is 1. The van der Waals surface area contributed by atoms with Gasteiger partial charge in [-0.1, -0.05) is 48.6 Å². The molecule has 0 radical (unpaired) electrons. The Hall–Kier alpha value is -3.77. The zero-order valence-electron chi connectivity index (χ0n) is 21.1. The van der Waals surface area contributed by atoms with Crippen LogP contribution >= 0.6 is 0 Å². The monoisotopic (exact) mass is 485 g/mol. The summed E-state index contributed by atoms with van der Waals surface area (Å²) in [5.41, 5.74) is 13.9.